The summed E-state index contributed by atoms with van der Waals surface area (Å²) in [4.78, 5) is 0. The van der Waals surface area contributed by atoms with Gasteiger partial charge in [-0.15, -0.1) is 0 Å². The SMILES string of the molecule is O=S1(=O)CCC(NCc2ccccc2)CN1. The van der Waals surface area contributed by atoms with Crippen LogP contribution in [0.1, 0.15) is 12.0 Å². The molecule has 2 rings (SSSR count). The van der Waals surface area contributed by atoms with Gasteiger partial charge in [-0.1, -0.05) is 30.3 Å². The number of hydrogen-bond acceptors (Lipinski definition) is 3. The summed E-state index contributed by atoms with van der Waals surface area (Å²) in [6, 6.07) is 10.3. The van der Waals surface area contributed by atoms with Crippen molar-refractivity contribution in [2.75, 3.05) is 12.3 Å². The molecule has 0 spiro atoms. The van der Waals surface area contributed by atoms with Gasteiger partial charge in [-0.25, -0.2) is 13.1 Å². The molecule has 1 aliphatic rings. The van der Waals surface area contributed by atoms with Gasteiger partial charge in [-0.2, -0.15) is 0 Å². The molecule has 1 fully saturated rings. The summed E-state index contributed by atoms with van der Waals surface area (Å²) >= 11 is 0. The summed E-state index contributed by atoms with van der Waals surface area (Å²) < 4.78 is 24.8. The van der Waals surface area contributed by atoms with Gasteiger partial charge in [-0.05, 0) is 12.0 Å². The molecule has 0 radical (unpaired) electrons. The fourth-order valence-corrected chi connectivity index (χ4v) is 2.93. The van der Waals surface area contributed by atoms with E-state index in [2.05, 4.69) is 22.2 Å². The first-order valence-corrected chi connectivity index (χ1v) is 7.05. The minimum Gasteiger partial charge on any atom is -0.309 e. The van der Waals surface area contributed by atoms with E-state index < -0.39 is 10.0 Å². The molecule has 0 amide bonds. The Labute approximate surface area is 96.1 Å². The molecule has 1 saturated heterocycles. The predicted molar refractivity (Wildman–Crippen MR) is 63.5 cm³/mol. The van der Waals surface area contributed by atoms with Gasteiger partial charge >= 0.3 is 0 Å². The van der Waals surface area contributed by atoms with Gasteiger partial charge in [0, 0.05) is 19.1 Å². The molecule has 5 heteroatoms. The van der Waals surface area contributed by atoms with E-state index in [0.29, 0.717) is 13.0 Å². The molecule has 88 valence electrons. The van der Waals surface area contributed by atoms with Crippen molar-refractivity contribution >= 4 is 10.0 Å². The molecule has 0 bridgehead atoms. The van der Waals surface area contributed by atoms with E-state index in [0.717, 1.165) is 6.54 Å². The minimum atomic E-state index is -2.99. The van der Waals surface area contributed by atoms with E-state index in [1.807, 2.05) is 18.2 Å². The maximum Gasteiger partial charge on any atom is 0.211 e. The molecule has 1 unspecified atom stereocenters. The van der Waals surface area contributed by atoms with E-state index in [4.69, 9.17) is 0 Å². The highest BCUT2D eigenvalue weighted by atomic mass is 32.2. The molecule has 4 nitrogen and oxygen atoms in total. The van der Waals surface area contributed by atoms with Crippen LogP contribution < -0.4 is 10.0 Å². The van der Waals surface area contributed by atoms with E-state index in [1.54, 1.807) is 0 Å². The number of nitrogens with one attached hydrogen (secondary N) is 2. The normalized spacial score (nSPS) is 24.1. The van der Waals surface area contributed by atoms with Crippen LogP contribution in [0.3, 0.4) is 0 Å². The maximum atomic E-state index is 11.1. The molecule has 1 heterocycles. The van der Waals surface area contributed by atoms with Gasteiger partial charge in [0.2, 0.25) is 10.0 Å². The van der Waals surface area contributed by atoms with Crippen molar-refractivity contribution in [3.05, 3.63) is 35.9 Å². The first-order valence-electron chi connectivity index (χ1n) is 5.40. The lowest BCUT2D eigenvalue weighted by atomic mass is 10.2. The number of hydrogen-bond donors (Lipinski definition) is 2. The summed E-state index contributed by atoms with van der Waals surface area (Å²) in [6.07, 6.45) is 0.683. The van der Waals surface area contributed by atoms with Gasteiger partial charge < -0.3 is 5.32 Å². The van der Waals surface area contributed by atoms with Gasteiger partial charge in [0.1, 0.15) is 0 Å². The Balaban J connectivity index is 1.80. The monoisotopic (exact) mass is 240 g/mol. The Morgan fingerprint density at radius 2 is 2.06 bits per heavy atom. The Morgan fingerprint density at radius 3 is 2.69 bits per heavy atom. The highest BCUT2D eigenvalue weighted by molar-refractivity contribution is 7.89. The van der Waals surface area contributed by atoms with Crippen molar-refractivity contribution in [2.45, 2.75) is 19.0 Å². The van der Waals surface area contributed by atoms with E-state index >= 15 is 0 Å². The Bertz CT molecular complexity index is 417. The van der Waals surface area contributed by atoms with Crippen LogP contribution in [0.25, 0.3) is 0 Å². The van der Waals surface area contributed by atoms with Crippen LogP contribution in [0.5, 0.6) is 0 Å². The van der Waals surface area contributed by atoms with Crippen LogP contribution in [-0.4, -0.2) is 26.8 Å². The molecule has 0 aromatic heterocycles. The quantitative estimate of drug-likeness (QED) is 0.807. The zero-order valence-corrected chi connectivity index (χ0v) is 9.83. The maximum absolute atomic E-state index is 11.1. The summed E-state index contributed by atoms with van der Waals surface area (Å²) in [5.41, 5.74) is 1.22. The van der Waals surface area contributed by atoms with E-state index in [9.17, 15) is 8.42 Å². The van der Waals surface area contributed by atoms with Gasteiger partial charge in [0.25, 0.3) is 0 Å². The Kier molecular flexibility index (Phi) is 3.58. The lowest BCUT2D eigenvalue weighted by Crippen LogP contribution is -2.47. The van der Waals surface area contributed by atoms with Crippen LogP contribution >= 0.6 is 0 Å². The minimum absolute atomic E-state index is 0.222. The summed E-state index contributed by atoms with van der Waals surface area (Å²) in [6.45, 7) is 1.28. The van der Waals surface area contributed by atoms with Crippen LogP contribution in [-0.2, 0) is 16.6 Å². The number of benzene rings is 1. The van der Waals surface area contributed by atoms with Gasteiger partial charge in [0.05, 0.1) is 5.75 Å². The first-order chi connectivity index (χ1) is 7.66. The largest absolute Gasteiger partial charge is 0.309 e. The van der Waals surface area contributed by atoms with Crippen LogP contribution in [0.2, 0.25) is 0 Å². The zero-order valence-electron chi connectivity index (χ0n) is 9.02. The summed E-state index contributed by atoms with van der Waals surface area (Å²) in [7, 11) is -2.99. The molecular formula is C11H16N2O2S. The zero-order chi connectivity index (χ0) is 11.4. The third-order valence-electron chi connectivity index (χ3n) is 2.72. The van der Waals surface area contributed by atoms with Crippen molar-refractivity contribution in [1.82, 2.24) is 10.0 Å². The molecule has 1 atom stereocenters. The Hall–Kier alpha value is -0.910. The summed E-state index contributed by atoms with van der Waals surface area (Å²) in [5.74, 6) is 0.222. The Morgan fingerprint density at radius 1 is 1.31 bits per heavy atom. The van der Waals surface area contributed by atoms with Crippen molar-refractivity contribution in [2.24, 2.45) is 0 Å². The topological polar surface area (TPSA) is 58.2 Å². The van der Waals surface area contributed by atoms with Crippen LogP contribution in [0.15, 0.2) is 30.3 Å². The fourth-order valence-electron chi connectivity index (χ4n) is 1.73. The van der Waals surface area contributed by atoms with Gasteiger partial charge in [-0.3, -0.25) is 0 Å². The molecule has 2 N–H and O–H groups in total. The average molecular weight is 240 g/mol. The average Bonchev–Trinajstić information content (AvgIpc) is 2.29. The van der Waals surface area contributed by atoms with Crippen molar-refractivity contribution in [3.8, 4) is 0 Å². The lowest BCUT2D eigenvalue weighted by Gasteiger charge is -2.23. The fraction of sp³-hybridized carbons (Fsp3) is 0.455. The second kappa shape index (κ2) is 4.95. The molecular weight excluding hydrogens is 224 g/mol. The van der Waals surface area contributed by atoms with E-state index in [-0.39, 0.29) is 11.8 Å². The van der Waals surface area contributed by atoms with Crippen molar-refractivity contribution in [1.29, 1.82) is 0 Å². The third-order valence-corrected chi connectivity index (χ3v) is 4.10. The molecule has 1 aromatic carbocycles. The standard InChI is InChI=1S/C11H16N2O2S/c14-16(15)7-6-11(9-13-16)12-8-10-4-2-1-3-5-10/h1-5,11-13H,6-9H2. The second-order valence-electron chi connectivity index (χ2n) is 4.02. The van der Waals surface area contributed by atoms with E-state index in [1.165, 1.54) is 5.56 Å². The summed E-state index contributed by atoms with van der Waals surface area (Å²) in [5, 5.41) is 3.35. The van der Waals surface area contributed by atoms with Crippen LogP contribution in [0, 0.1) is 0 Å². The number of rotatable bonds is 3. The molecule has 1 aliphatic heterocycles. The second-order valence-corrected chi connectivity index (χ2v) is 5.95. The third kappa shape index (κ3) is 3.30. The van der Waals surface area contributed by atoms with Crippen molar-refractivity contribution < 1.29 is 8.42 Å². The lowest BCUT2D eigenvalue weighted by molar-refractivity contribution is 0.461. The highest BCUT2D eigenvalue weighted by Gasteiger charge is 2.21. The number of sulfonamides is 1. The van der Waals surface area contributed by atoms with Gasteiger partial charge in [0.15, 0.2) is 0 Å². The molecule has 0 saturated carbocycles. The molecule has 16 heavy (non-hydrogen) atoms. The highest BCUT2D eigenvalue weighted by Crippen LogP contribution is 2.05. The van der Waals surface area contributed by atoms with Crippen molar-refractivity contribution in [3.63, 3.8) is 0 Å². The smallest absolute Gasteiger partial charge is 0.211 e. The predicted octanol–water partition coefficient (Wildman–Crippen LogP) is 0.468. The first kappa shape index (κ1) is 11.6. The molecule has 1 aromatic rings. The van der Waals surface area contributed by atoms with Crippen LogP contribution in [0.4, 0.5) is 0 Å². The molecule has 0 aliphatic carbocycles.